The van der Waals surface area contributed by atoms with Crippen LogP contribution in [0.2, 0.25) is 0 Å². The molecule has 6 atom stereocenters. The van der Waals surface area contributed by atoms with Gasteiger partial charge in [0, 0.05) is 23.2 Å². The molecule has 3 aromatic carbocycles. The number of hydrogen-bond donors (Lipinski definition) is 3. The highest BCUT2D eigenvalue weighted by Crippen LogP contribution is 2.58. The molecule has 3 N–H and O–H groups in total. The monoisotopic (exact) mass is 640 g/mol. The van der Waals surface area contributed by atoms with Crippen molar-refractivity contribution in [2.24, 2.45) is 23.7 Å². The first-order valence-corrected chi connectivity index (χ1v) is 14.1. The Labute approximate surface area is 240 Å². The van der Waals surface area contributed by atoms with Crippen LogP contribution in [-0.2, 0) is 14.3 Å². The number of carbonyl (C=O) groups excluding carboxylic acids is 2. The van der Waals surface area contributed by atoms with Gasteiger partial charge in [-0.15, -0.1) is 0 Å². The van der Waals surface area contributed by atoms with E-state index in [2.05, 4.69) is 5.32 Å². The van der Waals surface area contributed by atoms with Crippen molar-refractivity contribution >= 4 is 51.5 Å². The predicted molar refractivity (Wildman–Crippen MR) is 154 cm³/mol. The zero-order valence-electron chi connectivity index (χ0n) is 21.5. The van der Waals surface area contributed by atoms with Gasteiger partial charge in [-0.25, -0.2) is 0 Å². The fourth-order valence-electron chi connectivity index (χ4n) is 6.42. The second-order valence-electron chi connectivity index (χ2n) is 10.6. The molecule has 0 bridgehead atoms. The molecule has 39 heavy (non-hydrogen) atoms. The molecule has 6 rings (SSSR count). The summed E-state index contributed by atoms with van der Waals surface area (Å²) in [4.78, 5) is 28.7. The summed E-state index contributed by atoms with van der Waals surface area (Å²) in [6, 6.07) is 20.5. The van der Waals surface area contributed by atoms with Crippen molar-refractivity contribution in [3.8, 4) is 11.5 Å². The van der Waals surface area contributed by atoms with E-state index in [4.69, 9.17) is 9.47 Å². The Bertz CT molecular complexity index is 1430. The van der Waals surface area contributed by atoms with Gasteiger partial charge in [-0.1, -0.05) is 25.1 Å². The molecule has 9 heteroatoms. The minimum atomic E-state index is -1.54. The average molecular weight is 640 g/mol. The van der Waals surface area contributed by atoms with Crippen LogP contribution >= 0.6 is 22.6 Å². The average Bonchev–Trinajstić information content (AvgIpc) is 3.41. The van der Waals surface area contributed by atoms with Gasteiger partial charge < -0.3 is 25.0 Å². The maximum atomic E-state index is 13.8. The number of carbonyl (C=O) groups is 2. The summed E-state index contributed by atoms with van der Waals surface area (Å²) in [7, 11) is 1.48. The molecule has 0 spiro atoms. The van der Waals surface area contributed by atoms with Crippen molar-refractivity contribution in [1.82, 2.24) is 0 Å². The summed E-state index contributed by atoms with van der Waals surface area (Å²) in [5, 5.41) is 25.3. The number of benzene rings is 3. The minimum absolute atomic E-state index is 0.0432. The van der Waals surface area contributed by atoms with E-state index in [9.17, 15) is 19.8 Å². The number of methoxy groups -OCH3 is 1. The van der Waals surface area contributed by atoms with Crippen LogP contribution in [0.3, 0.4) is 0 Å². The molecule has 0 unspecified atom stereocenters. The fraction of sp³-hybridized carbons (Fsp3) is 0.333. The van der Waals surface area contributed by atoms with Crippen LogP contribution in [0.25, 0.3) is 0 Å². The standard InChI is InChI=1S/C30H29IN2O6/c1-16-12-21-26(22-15-24(39-30(16,22)37)17-13-23(31)27(34)25(14-17)38-2)29(36)33(28(21)35)20-10-8-19(9-11-20)32-18-6-4-3-5-7-18/h3-11,13-14,16,21-22,24,26,32,34,37H,12,15H2,1-2H3/t16-,21-,22-,24-,26-,30+/m0/s1. The zero-order valence-corrected chi connectivity index (χ0v) is 23.7. The van der Waals surface area contributed by atoms with Crippen LogP contribution in [0.1, 0.15) is 31.4 Å². The van der Waals surface area contributed by atoms with E-state index in [-0.39, 0.29) is 23.5 Å². The maximum absolute atomic E-state index is 13.8. The van der Waals surface area contributed by atoms with Crippen LogP contribution in [0.4, 0.5) is 17.1 Å². The largest absolute Gasteiger partial charge is 0.504 e. The van der Waals surface area contributed by atoms with Gasteiger partial charge >= 0.3 is 0 Å². The molecule has 202 valence electrons. The third-order valence-corrected chi connectivity index (χ3v) is 9.21. The third-order valence-electron chi connectivity index (χ3n) is 8.38. The van der Waals surface area contributed by atoms with Crippen LogP contribution in [-0.4, -0.2) is 34.9 Å². The van der Waals surface area contributed by atoms with Crippen LogP contribution in [0.5, 0.6) is 11.5 Å². The number of nitrogens with one attached hydrogen (secondary N) is 1. The summed E-state index contributed by atoms with van der Waals surface area (Å²) < 4.78 is 12.2. The molecule has 8 nitrogen and oxygen atoms in total. The van der Waals surface area contributed by atoms with Crippen LogP contribution in [0, 0.1) is 27.2 Å². The molecule has 3 fully saturated rings. The van der Waals surface area contributed by atoms with Gasteiger partial charge in [0.25, 0.3) is 0 Å². The Hall–Kier alpha value is -3.15. The second-order valence-corrected chi connectivity index (χ2v) is 11.7. The molecule has 2 amide bonds. The number of aliphatic hydroxyl groups is 1. The number of amides is 2. The minimum Gasteiger partial charge on any atom is -0.504 e. The lowest BCUT2D eigenvalue weighted by atomic mass is 9.65. The van der Waals surface area contributed by atoms with Gasteiger partial charge in [0.05, 0.1) is 34.3 Å². The number of aromatic hydroxyl groups is 1. The lowest BCUT2D eigenvalue weighted by molar-refractivity contribution is -0.265. The second kappa shape index (κ2) is 9.79. The molecule has 0 aromatic heterocycles. The van der Waals surface area contributed by atoms with Crippen molar-refractivity contribution in [1.29, 1.82) is 0 Å². The highest BCUT2D eigenvalue weighted by atomic mass is 127. The van der Waals surface area contributed by atoms with E-state index in [1.54, 1.807) is 24.3 Å². The van der Waals surface area contributed by atoms with Gasteiger partial charge in [-0.05, 0) is 89.5 Å². The summed E-state index contributed by atoms with van der Waals surface area (Å²) in [5.74, 6) is -3.80. The smallest absolute Gasteiger partial charge is 0.238 e. The van der Waals surface area contributed by atoms with Crippen LogP contribution in [0.15, 0.2) is 66.7 Å². The normalized spacial score (nSPS) is 29.7. The fourth-order valence-corrected chi connectivity index (χ4v) is 7.05. The number of phenols is 1. The van der Waals surface area contributed by atoms with E-state index in [1.807, 2.05) is 72.0 Å². The highest BCUT2D eigenvalue weighted by molar-refractivity contribution is 14.1. The number of nitrogens with zero attached hydrogens (tertiary/aromatic N) is 1. The first kappa shape index (κ1) is 26.1. The summed E-state index contributed by atoms with van der Waals surface area (Å²) >= 11 is 2.02. The van der Waals surface area contributed by atoms with Crippen molar-refractivity contribution in [2.45, 2.75) is 31.7 Å². The summed E-state index contributed by atoms with van der Waals surface area (Å²) in [5.41, 5.74) is 3.04. The molecular formula is C30H29IN2O6. The molecule has 1 aliphatic carbocycles. The number of fused-ring (bicyclic) bond motifs is 3. The molecule has 3 aromatic rings. The number of halogens is 1. The van der Waals surface area contributed by atoms with Crippen LogP contribution < -0.4 is 15.0 Å². The number of hydrogen-bond acceptors (Lipinski definition) is 7. The molecule has 2 aliphatic heterocycles. The van der Waals surface area contributed by atoms with Gasteiger partial charge in [-0.2, -0.15) is 0 Å². The van der Waals surface area contributed by atoms with E-state index >= 15 is 0 Å². The Morgan fingerprint density at radius 3 is 2.41 bits per heavy atom. The van der Waals surface area contributed by atoms with Gasteiger partial charge in [0.2, 0.25) is 11.8 Å². The van der Waals surface area contributed by atoms with E-state index < -0.39 is 29.6 Å². The van der Waals surface area contributed by atoms with E-state index in [0.717, 1.165) is 16.9 Å². The predicted octanol–water partition coefficient (Wildman–Crippen LogP) is 5.36. The molecule has 2 heterocycles. The number of rotatable bonds is 5. The highest BCUT2D eigenvalue weighted by Gasteiger charge is 2.66. The lowest BCUT2D eigenvalue weighted by Gasteiger charge is -2.43. The summed E-state index contributed by atoms with van der Waals surface area (Å²) in [6.45, 7) is 1.87. The Kier molecular flexibility index (Phi) is 6.55. The Balaban J connectivity index is 1.27. The molecular weight excluding hydrogens is 611 g/mol. The quantitative estimate of drug-likeness (QED) is 0.255. The van der Waals surface area contributed by atoms with Crippen molar-refractivity contribution < 1.29 is 29.3 Å². The lowest BCUT2D eigenvalue weighted by Crippen LogP contribution is -2.52. The number of imide groups is 1. The molecule has 2 saturated heterocycles. The molecule has 0 radical (unpaired) electrons. The first-order chi connectivity index (χ1) is 18.7. The van der Waals surface area contributed by atoms with E-state index in [1.165, 1.54) is 12.0 Å². The molecule has 3 aliphatic rings. The third kappa shape index (κ3) is 4.27. The maximum Gasteiger partial charge on any atom is 0.238 e. The first-order valence-electron chi connectivity index (χ1n) is 13.0. The SMILES string of the molecule is COc1cc([C@@H]2C[C@H]3[C@H]4C(=O)N(c5ccc(Nc6ccccc6)cc5)C(=O)[C@H]4C[C@H](C)[C@@]3(O)O2)cc(I)c1O. The number of ether oxygens (including phenoxy) is 2. The molecule has 1 saturated carbocycles. The van der Waals surface area contributed by atoms with E-state index in [0.29, 0.717) is 27.8 Å². The Morgan fingerprint density at radius 2 is 1.72 bits per heavy atom. The van der Waals surface area contributed by atoms with Gasteiger partial charge in [-0.3, -0.25) is 14.5 Å². The van der Waals surface area contributed by atoms with Gasteiger partial charge in [0.1, 0.15) is 0 Å². The topological polar surface area (TPSA) is 108 Å². The van der Waals surface area contributed by atoms with Gasteiger partial charge in [0.15, 0.2) is 17.3 Å². The van der Waals surface area contributed by atoms with Crippen molar-refractivity contribution in [2.75, 3.05) is 17.3 Å². The number of anilines is 3. The zero-order chi connectivity index (χ0) is 27.5. The summed E-state index contributed by atoms with van der Waals surface area (Å²) in [6.07, 6.45) is 0.221. The Morgan fingerprint density at radius 1 is 1.03 bits per heavy atom. The van der Waals surface area contributed by atoms with Crippen molar-refractivity contribution in [3.05, 3.63) is 75.9 Å². The number of para-hydroxylation sites is 1. The number of phenolic OH excluding ortho intramolecular Hbond substituents is 1. The van der Waals surface area contributed by atoms with Crippen molar-refractivity contribution in [3.63, 3.8) is 0 Å².